The van der Waals surface area contributed by atoms with Crippen molar-refractivity contribution in [2.24, 2.45) is 0 Å². The molecule has 5 heteroatoms. The first-order valence-electron chi connectivity index (χ1n) is 8.09. The van der Waals surface area contributed by atoms with Crippen molar-refractivity contribution in [3.8, 4) is 0 Å². The largest absolute Gasteiger partial charge is 0.396 e. The Hall–Kier alpha value is -1.72. The zero-order valence-corrected chi connectivity index (χ0v) is 13.1. The molecule has 1 heterocycles. The van der Waals surface area contributed by atoms with Gasteiger partial charge in [0, 0.05) is 18.7 Å². The maximum absolute atomic E-state index is 9.12. The lowest BCUT2D eigenvalue weighted by Gasteiger charge is -2.19. The van der Waals surface area contributed by atoms with E-state index in [1.165, 1.54) is 18.4 Å². The zero-order chi connectivity index (χ0) is 15.4. The first-order valence-corrected chi connectivity index (χ1v) is 8.09. The molecule has 0 aliphatic heterocycles. The molecule has 0 radical (unpaired) electrons. The monoisotopic (exact) mass is 300 g/mol. The van der Waals surface area contributed by atoms with Gasteiger partial charge in [-0.25, -0.2) is 0 Å². The minimum absolute atomic E-state index is 0.225. The Labute approximate surface area is 131 Å². The van der Waals surface area contributed by atoms with Gasteiger partial charge < -0.3 is 15.0 Å². The van der Waals surface area contributed by atoms with Crippen LogP contribution in [-0.2, 0) is 6.54 Å². The molecule has 22 heavy (non-hydrogen) atoms. The maximum atomic E-state index is 9.12. The molecule has 118 valence electrons. The quantitative estimate of drug-likeness (QED) is 0.786. The molecule has 3 rings (SSSR count). The predicted molar refractivity (Wildman–Crippen MR) is 85.4 cm³/mol. The molecule has 0 spiro atoms. The van der Waals surface area contributed by atoms with Gasteiger partial charge in [0.2, 0.25) is 0 Å². The van der Waals surface area contributed by atoms with Crippen LogP contribution in [0.2, 0.25) is 0 Å². The second-order valence-electron chi connectivity index (χ2n) is 5.97. The van der Waals surface area contributed by atoms with E-state index in [9.17, 15) is 0 Å². The number of benzene rings is 1. The Bertz CT molecular complexity index is 592. The molecule has 1 aliphatic rings. The molecule has 1 aliphatic carbocycles. The number of nitrogens with one attached hydrogen (secondary N) is 1. The molecular weight excluding hydrogens is 276 g/mol. The van der Waals surface area contributed by atoms with Crippen molar-refractivity contribution in [3.63, 3.8) is 0 Å². The van der Waals surface area contributed by atoms with Crippen LogP contribution in [0.5, 0.6) is 0 Å². The lowest BCUT2D eigenvalue weighted by atomic mass is 10.0. The Morgan fingerprint density at radius 2 is 2.05 bits per heavy atom. The summed E-state index contributed by atoms with van der Waals surface area (Å²) in [4.78, 5) is 0. The summed E-state index contributed by atoms with van der Waals surface area (Å²) >= 11 is 0. The Balaban J connectivity index is 1.68. The summed E-state index contributed by atoms with van der Waals surface area (Å²) in [5.41, 5.74) is 1.25. The SMILES string of the molecule is Cc1nnc(CNC(CCCO)c2ccccc2)n1C1CC1. The second kappa shape index (κ2) is 7.03. The lowest BCUT2D eigenvalue weighted by Crippen LogP contribution is -2.23. The second-order valence-corrected chi connectivity index (χ2v) is 5.97. The molecule has 0 saturated heterocycles. The van der Waals surface area contributed by atoms with E-state index in [0.717, 1.165) is 24.5 Å². The van der Waals surface area contributed by atoms with Crippen LogP contribution in [-0.4, -0.2) is 26.5 Å². The van der Waals surface area contributed by atoms with Gasteiger partial charge in [0.1, 0.15) is 11.6 Å². The summed E-state index contributed by atoms with van der Waals surface area (Å²) in [6.07, 6.45) is 4.18. The van der Waals surface area contributed by atoms with Gasteiger partial charge in [0.25, 0.3) is 0 Å². The van der Waals surface area contributed by atoms with E-state index in [1.807, 2.05) is 13.0 Å². The van der Waals surface area contributed by atoms with Crippen LogP contribution in [0.15, 0.2) is 30.3 Å². The van der Waals surface area contributed by atoms with Crippen LogP contribution in [0.25, 0.3) is 0 Å². The van der Waals surface area contributed by atoms with Crippen LogP contribution >= 0.6 is 0 Å². The van der Waals surface area contributed by atoms with Gasteiger partial charge in [-0.1, -0.05) is 30.3 Å². The summed E-state index contributed by atoms with van der Waals surface area (Å²) in [5, 5.41) is 21.3. The van der Waals surface area contributed by atoms with Crippen LogP contribution < -0.4 is 5.32 Å². The molecule has 1 saturated carbocycles. The van der Waals surface area contributed by atoms with Crippen LogP contribution in [0.3, 0.4) is 0 Å². The van der Waals surface area contributed by atoms with E-state index in [4.69, 9.17) is 5.11 Å². The third kappa shape index (κ3) is 3.54. The zero-order valence-electron chi connectivity index (χ0n) is 13.1. The number of aliphatic hydroxyl groups is 1. The number of hydrogen-bond acceptors (Lipinski definition) is 4. The fourth-order valence-electron chi connectivity index (χ4n) is 2.92. The molecule has 1 fully saturated rings. The van der Waals surface area contributed by atoms with Gasteiger partial charge in [-0.05, 0) is 38.2 Å². The normalized spacial score (nSPS) is 15.9. The standard InChI is InChI=1S/C17H24N4O/c1-13-19-20-17(21(13)15-9-10-15)12-18-16(8-5-11-22)14-6-3-2-4-7-14/h2-4,6-7,15-16,18,22H,5,8-12H2,1H3. The van der Waals surface area contributed by atoms with E-state index in [-0.39, 0.29) is 12.6 Å². The van der Waals surface area contributed by atoms with Crippen molar-refractivity contribution in [2.75, 3.05) is 6.61 Å². The van der Waals surface area contributed by atoms with Gasteiger partial charge in [-0.15, -0.1) is 10.2 Å². The summed E-state index contributed by atoms with van der Waals surface area (Å²) in [6.45, 7) is 2.96. The van der Waals surface area contributed by atoms with Gasteiger partial charge in [0.15, 0.2) is 0 Å². The highest BCUT2D eigenvalue weighted by Crippen LogP contribution is 2.36. The highest BCUT2D eigenvalue weighted by atomic mass is 16.2. The number of aliphatic hydroxyl groups excluding tert-OH is 1. The van der Waals surface area contributed by atoms with E-state index in [1.54, 1.807) is 0 Å². The molecule has 2 N–H and O–H groups in total. The summed E-state index contributed by atoms with van der Waals surface area (Å²) < 4.78 is 2.26. The summed E-state index contributed by atoms with van der Waals surface area (Å²) in [6, 6.07) is 11.2. The van der Waals surface area contributed by atoms with Crippen molar-refractivity contribution >= 4 is 0 Å². The molecule has 2 aromatic rings. The fourth-order valence-corrected chi connectivity index (χ4v) is 2.92. The molecule has 1 unspecified atom stereocenters. The van der Waals surface area contributed by atoms with Crippen LogP contribution in [0.4, 0.5) is 0 Å². The average Bonchev–Trinajstić information content (AvgIpc) is 3.32. The van der Waals surface area contributed by atoms with Gasteiger partial charge in [-0.2, -0.15) is 0 Å². The Kier molecular flexibility index (Phi) is 4.85. The fraction of sp³-hybridized carbons (Fsp3) is 0.529. The van der Waals surface area contributed by atoms with Crippen molar-refractivity contribution < 1.29 is 5.11 Å². The third-order valence-electron chi connectivity index (χ3n) is 4.21. The number of aryl methyl sites for hydroxylation is 1. The van der Waals surface area contributed by atoms with Crippen molar-refractivity contribution in [1.29, 1.82) is 0 Å². The maximum Gasteiger partial charge on any atom is 0.147 e. The predicted octanol–water partition coefficient (Wildman–Crippen LogP) is 2.52. The van der Waals surface area contributed by atoms with E-state index in [2.05, 4.69) is 44.3 Å². The topological polar surface area (TPSA) is 63.0 Å². The van der Waals surface area contributed by atoms with Crippen LogP contribution in [0, 0.1) is 6.92 Å². The van der Waals surface area contributed by atoms with E-state index < -0.39 is 0 Å². The molecule has 1 aromatic heterocycles. The number of hydrogen-bond donors (Lipinski definition) is 2. The van der Waals surface area contributed by atoms with Crippen molar-refractivity contribution in [3.05, 3.63) is 47.5 Å². The first kappa shape index (κ1) is 15.2. The highest BCUT2D eigenvalue weighted by molar-refractivity contribution is 5.19. The molecule has 0 amide bonds. The molecule has 1 atom stereocenters. The smallest absolute Gasteiger partial charge is 0.147 e. The summed E-state index contributed by atoms with van der Waals surface area (Å²) in [5.74, 6) is 2.02. The van der Waals surface area contributed by atoms with E-state index in [0.29, 0.717) is 12.6 Å². The lowest BCUT2D eigenvalue weighted by molar-refractivity contribution is 0.274. The van der Waals surface area contributed by atoms with Gasteiger partial charge in [0.05, 0.1) is 6.54 Å². The number of rotatable bonds is 8. The minimum Gasteiger partial charge on any atom is -0.396 e. The third-order valence-corrected chi connectivity index (χ3v) is 4.21. The van der Waals surface area contributed by atoms with Crippen molar-refractivity contribution in [2.45, 2.75) is 51.2 Å². The Morgan fingerprint density at radius 3 is 2.73 bits per heavy atom. The molecule has 5 nitrogen and oxygen atoms in total. The molecular formula is C17H24N4O. The van der Waals surface area contributed by atoms with E-state index >= 15 is 0 Å². The first-order chi connectivity index (χ1) is 10.8. The molecule has 0 bridgehead atoms. The molecule has 1 aromatic carbocycles. The minimum atomic E-state index is 0.225. The highest BCUT2D eigenvalue weighted by Gasteiger charge is 2.28. The van der Waals surface area contributed by atoms with Crippen molar-refractivity contribution in [1.82, 2.24) is 20.1 Å². The number of nitrogens with zero attached hydrogens (tertiary/aromatic N) is 3. The Morgan fingerprint density at radius 1 is 1.27 bits per heavy atom. The van der Waals surface area contributed by atoms with Crippen LogP contribution in [0.1, 0.15) is 55.0 Å². The van der Waals surface area contributed by atoms with Gasteiger partial charge in [-0.3, -0.25) is 0 Å². The summed E-state index contributed by atoms with van der Waals surface area (Å²) in [7, 11) is 0. The number of aromatic nitrogens is 3. The average molecular weight is 300 g/mol. The van der Waals surface area contributed by atoms with Gasteiger partial charge >= 0.3 is 0 Å².